The minimum atomic E-state index is -0.941. The first kappa shape index (κ1) is 17.3. The van der Waals surface area contributed by atoms with Crippen LogP contribution in [0.2, 0.25) is 5.02 Å². The predicted molar refractivity (Wildman–Crippen MR) is 93.5 cm³/mol. The Balaban J connectivity index is 1.70. The molecule has 1 fully saturated rings. The normalized spacial score (nSPS) is 19.6. The van der Waals surface area contributed by atoms with Crippen LogP contribution in [0.25, 0.3) is 0 Å². The van der Waals surface area contributed by atoms with E-state index >= 15 is 0 Å². The molecule has 2 aromatic rings. The summed E-state index contributed by atoms with van der Waals surface area (Å²) in [6.07, 6.45) is -0.510. The second-order valence-corrected chi connectivity index (χ2v) is 6.43. The zero-order chi connectivity index (χ0) is 17.8. The molecule has 0 radical (unpaired) electrons. The molecule has 1 amide bonds. The van der Waals surface area contributed by atoms with Gasteiger partial charge in [0.25, 0.3) is 0 Å². The SMILES string of the molecule is O=C(O)[C@H]1CN(C(=O)OCc2ccccc2)C[C@@H]1c1ccccc1Cl. The number of carboxylic acids is 1. The van der Waals surface area contributed by atoms with Crippen molar-refractivity contribution < 1.29 is 19.4 Å². The molecule has 1 aliphatic heterocycles. The standard InChI is InChI=1S/C19H18ClNO4/c20-17-9-5-4-8-14(17)15-10-21(11-16(15)18(22)23)19(24)25-12-13-6-2-1-3-7-13/h1-9,15-16H,10-12H2,(H,22,23)/t15-,16+/m1/s1. The third kappa shape index (κ3) is 3.94. The molecular weight excluding hydrogens is 342 g/mol. The molecule has 5 nitrogen and oxygen atoms in total. The first-order chi connectivity index (χ1) is 12.1. The summed E-state index contributed by atoms with van der Waals surface area (Å²) in [6.45, 7) is 0.540. The molecule has 0 saturated carbocycles. The fraction of sp³-hybridized carbons (Fsp3) is 0.263. The molecule has 1 heterocycles. The van der Waals surface area contributed by atoms with Gasteiger partial charge in [-0.3, -0.25) is 4.79 Å². The van der Waals surface area contributed by atoms with Gasteiger partial charge < -0.3 is 14.7 Å². The van der Waals surface area contributed by atoms with Crippen molar-refractivity contribution in [3.8, 4) is 0 Å². The summed E-state index contributed by atoms with van der Waals surface area (Å²) >= 11 is 6.22. The Kier molecular flexibility index (Phi) is 5.24. The molecule has 0 bridgehead atoms. The molecule has 1 aliphatic rings. The van der Waals surface area contributed by atoms with Gasteiger partial charge in [-0.1, -0.05) is 60.1 Å². The summed E-state index contributed by atoms with van der Waals surface area (Å²) in [5, 5.41) is 10.0. The average molecular weight is 360 g/mol. The maximum Gasteiger partial charge on any atom is 0.410 e. The highest BCUT2D eigenvalue weighted by atomic mass is 35.5. The molecule has 2 aromatic carbocycles. The van der Waals surface area contributed by atoms with Crippen molar-refractivity contribution >= 4 is 23.7 Å². The first-order valence-electron chi connectivity index (χ1n) is 7.99. The zero-order valence-corrected chi connectivity index (χ0v) is 14.2. The summed E-state index contributed by atoms with van der Waals surface area (Å²) in [4.78, 5) is 25.4. The third-order valence-corrected chi connectivity index (χ3v) is 4.75. The zero-order valence-electron chi connectivity index (χ0n) is 13.5. The van der Waals surface area contributed by atoms with Gasteiger partial charge in [-0.15, -0.1) is 0 Å². The predicted octanol–water partition coefficient (Wildman–Crippen LogP) is 3.78. The van der Waals surface area contributed by atoms with Crippen LogP contribution in [0, 0.1) is 5.92 Å². The smallest absolute Gasteiger partial charge is 0.410 e. The summed E-state index contributed by atoms with van der Waals surface area (Å²) in [6, 6.07) is 16.5. The summed E-state index contributed by atoms with van der Waals surface area (Å²) in [5.41, 5.74) is 1.63. The Morgan fingerprint density at radius 3 is 2.44 bits per heavy atom. The van der Waals surface area contributed by atoms with Crippen molar-refractivity contribution in [3.63, 3.8) is 0 Å². The minimum absolute atomic E-state index is 0.110. The van der Waals surface area contributed by atoms with Crippen molar-refractivity contribution in [1.82, 2.24) is 4.90 Å². The van der Waals surface area contributed by atoms with E-state index in [1.165, 1.54) is 4.90 Å². The van der Waals surface area contributed by atoms with Gasteiger partial charge in [0.2, 0.25) is 0 Å². The van der Waals surface area contributed by atoms with Crippen LogP contribution in [0.3, 0.4) is 0 Å². The maximum atomic E-state index is 12.3. The number of carbonyl (C=O) groups is 2. The van der Waals surface area contributed by atoms with Crippen molar-refractivity contribution in [2.75, 3.05) is 13.1 Å². The van der Waals surface area contributed by atoms with E-state index in [1.54, 1.807) is 12.1 Å². The van der Waals surface area contributed by atoms with Crippen LogP contribution in [-0.2, 0) is 16.1 Å². The number of nitrogens with zero attached hydrogens (tertiary/aromatic N) is 1. The number of hydrogen-bond acceptors (Lipinski definition) is 3. The molecule has 6 heteroatoms. The summed E-state index contributed by atoms with van der Waals surface area (Å²) < 4.78 is 5.32. The second kappa shape index (κ2) is 7.57. The summed E-state index contributed by atoms with van der Waals surface area (Å²) in [7, 11) is 0. The second-order valence-electron chi connectivity index (χ2n) is 6.02. The highest BCUT2D eigenvalue weighted by Crippen LogP contribution is 2.36. The lowest BCUT2D eigenvalue weighted by Crippen LogP contribution is -2.30. The first-order valence-corrected chi connectivity index (χ1v) is 8.37. The lowest BCUT2D eigenvalue weighted by atomic mass is 9.89. The van der Waals surface area contributed by atoms with E-state index in [4.69, 9.17) is 16.3 Å². The van der Waals surface area contributed by atoms with Crippen LogP contribution < -0.4 is 0 Å². The number of ether oxygens (including phenoxy) is 1. The number of carboxylic acid groups (broad SMARTS) is 1. The van der Waals surface area contributed by atoms with Gasteiger partial charge >= 0.3 is 12.1 Å². The van der Waals surface area contributed by atoms with Crippen molar-refractivity contribution in [3.05, 3.63) is 70.7 Å². The molecule has 0 spiro atoms. The Morgan fingerprint density at radius 2 is 1.76 bits per heavy atom. The largest absolute Gasteiger partial charge is 0.481 e. The number of carbonyl (C=O) groups excluding carboxylic acids is 1. The van der Waals surface area contributed by atoms with Crippen LogP contribution >= 0.6 is 11.6 Å². The van der Waals surface area contributed by atoms with Gasteiger partial charge in [-0.05, 0) is 17.2 Å². The Hall–Kier alpha value is -2.53. The monoisotopic (exact) mass is 359 g/mol. The van der Waals surface area contributed by atoms with Gasteiger partial charge in [0.05, 0.1) is 5.92 Å². The Morgan fingerprint density at radius 1 is 1.08 bits per heavy atom. The van der Waals surface area contributed by atoms with Gasteiger partial charge in [-0.2, -0.15) is 0 Å². The van der Waals surface area contributed by atoms with Gasteiger partial charge in [0.15, 0.2) is 0 Å². The van der Waals surface area contributed by atoms with Crippen LogP contribution in [-0.4, -0.2) is 35.2 Å². The number of benzene rings is 2. The Labute approximate surface area is 150 Å². The minimum Gasteiger partial charge on any atom is -0.481 e. The van der Waals surface area contributed by atoms with E-state index in [-0.39, 0.29) is 25.6 Å². The summed E-state index contributed by atoms with van der Waals surface area (Å²) in [5.74, 6) is -2.00. The molecule has 25 heavy (non-hydrogen) atoms. The molecule has 3 rings (SSSR count). The molecule has 130 valence electrons. The fourth-order valence-electron chi connectivity index (χ4n) is 3.10. The number of amides is 1. The molecule has 1 N–H and O–H groups in total. The van der Waals surface area contributed by atoms with E-state index in [0.717, 1.165) is 11.1 Å². The molecule has 2 atom stereocenters. The van der Waals surface area contributed by atoms with Gasteiger partial charge in [-0.25, -0.2) is 4.79 Å². The maximum absolute atomic E-state index is 12.3. The van der Waals surface area contributed by atoms with Crippen molar-refractivity contribution in [2.24, 2.45) is 5.92 Å². The number of hydrogen-bond donors (Lipinski definition) is 1. The van der Waals surface area contributed by atoms with Crippen LogP contribution in [0.1, 0.15) is 17.0 Å². The Bertz CT molecular complexity index is 765. The van der Waals surface area contributed by atoms with E-state index < -0.39 is 18.0 Å². The number of rotatable bonds is 4. The molecular formula is C19H18ClNO4. The van der Waals surface area contributed by atoms with Crippen LogP contribution in [0.4, 0.5) is 4.79 Å². The van der Waals surface area contributed by atoms with Crippen LogP contribution in [0.5, 0.6) is 0 Å². The molecule has 0 unspecified atom stereocenters. The van der Waals surface area contributed by atoms with E-state index in [9.17, 15) is 14.7 Å². The molecule has 0 aromatic heterocycles. The average Bonchev–Trinajstić information content (AvgIpc) is 3.06. The van der Waals surface area contributed by atoms with Crippen LogP contribution in [0.15, 0.2) is 54.6 Å². The number of aliphatic carboxylic acids is 1. The lowest BCUT2D eigenvalue weighted by molar-refractivity contribution is -0.141. The van der Waals surface area contributed by atoms with Gasteiger partial charge in [0.1, 0.15) is 6.61 Å². The topological polar surface area (TPSA) is 66.8 Å². The molecule has 1 saturated heterocycles. The van der Waals surface area contributed by atoms with E-state index in [2.05, 4.69) is 0 Å². The quantitative estimate of drug-likeness (QED) is 0.902. The number of halogens is 1. The number of likely N-dealkylation sites (tertiary alicyclic amines) is 1. The molecule has 0 aliphatic carbocycles. The third-order valence-electron chi connectivity index (χ3n) is 4.41. The van der Waals surface area contributed by atoms with Crippen molar-refractivity contribution in [2.45, 2.75) is 12.5 Å². The highest BCUT2D eigenvalue weighted by Gasteiger charge is 2.41. The van der Waals surface area contributed by atoms with Crippen molar-refractivity contribution in [1.29, 1.82) is 0 Å². The lowest BCUT2D eigenvalue weighted by Gasteiger charge is -2.17. The van der Waals surface area contributed by atoms with Gasteiger partial charge in [0, 0.05) is 24.0 Å². The fourth-order valence-corrected chi connectivity index (χ4v) is 3.38. The van der Waals surface area contributed by atoms with E-state index in [1.807, 2.05) is 42.5 Å². The van der Waals surface area contributed by atoms with E-state index in [0.29, 0.717) is 5.02 Å². The highest BCUT2D eigenvalue weighted by molar-refractivity contribution is 6.31.